The van der Waals surface area contributed by atoms with Crippen molar-refractivity contribution in [3.63, 3.8) is 0 Å². The van der Waals surface area contributed by atoms with Gasteiger partial charge in [-0.2, -0.15) is 0 Å². The average Bonchev–Trinajstić information content (AvgIpc) is 2.71. The SMILES string of the molecule is CN(C)C(CNS(=O)(=O)CBr)c1ccco1. The number of hydrogen-bond donors (Lipinski definition) is 1. The van der Waals surface area contributed by atoms with Gasteiger partial charge in [0.2, 0.25) is 10.0 Å². The maximum absolute atomic E-state index is 11.3. The van der Waals surface area contributed by atoms with Crippen molar-refractivity contribution in [3.8, 4) is 0 Å². The van der Waals surface area contributed by atoms with Crippen molar-refractivity contribution in [3.05, 3.63) is 24.2 Å². The van der Waals surface area contributed by atoms with E-state index in [9.17, 15) is 8.42 Å². The Bertz CT molecular complexity index is 402. The third-order valence-corrected chi connectivity index (χ3v) is 4.84. The number of nitrogens with one attached hydrogen (secondary N) is 1. The number of rotatable bonds is 6. The van der Waals surface area contributed by atoms with E-state index >= 15 is 0 Å². The molecule has 1 aromatic heterocycles. The second kappa shape index (κ2) is 5.81. The first-order valence-corrected chi connectivity index (χ1v) is 7.47. The Hall–Kier alpha value is -0.370. The van der Waals surface area contributed by atoms with E-state index < -0.39 is 10.0 Å². The summed E-state index contributed by atoms with van der Waals surface area (Å²) in [5.41, 5.74) is 0. The van der Waals surface area contributed by atoms with Gasteiger partial charge in [0.25, 0.3) is 0 Å². The van der Waals surface area contributed by atoms with Crippen LogP contribution in [-0.4, -0.2) is 38.6 Å². The molecule has 1 atom stereocenters. The van der Waals surface area contributed by atoms with Gasteiger partial charge < -0.3 is 4.42 Å². The molecular formula is C9H15BrN2O3S. The van der Waals surface area contributed by atoms with Crippen LogP contribution in [0, 0.1) is 0 Å². The van der Waals surface area contributed by atoms with Gasteiger partial charge in [-0.3, -0.25) is 4.90 Å². The van der Waals surface area contributed by atoms with Crippen LogP contribution in [0.2, 0.25) is 0 Å². The van der Waals surface area contributed by atoms with Crippen molar-refractivity contribution in [1.82, 2.24) is 9.62 Å². The third kappa shape index (κ3) is 3.89. The molecule has 1 aromatic rings. The molecule has 0 aliphatic rings. The molecule has 16 heavy (non-hydrogen) atoms. The fraction of sp³-hybridized carbons (Fsp3) is 0.556. The van der Waals surface area contributed by atoms with Crippen LogP contribution in [0.15, 0.2) is 22.8 Å². The van der Waals surface area contributed by atoms with Gasteiger partial charge in [0.15, 0.2) is 0 Å². The van der Waals surface area contributed by atoms with Crippen molar-refractivity contribution in [2.24, 2.45) is 0 Å². The lowest BCUT2D eigenvalue weighted by Crippen LogP contribution is -2.34. The molecule has 0 saturated carbocycles. The van der Waals surface area contributed by atoms with E-state index in [0.717, 1.165) is 5.76 Å². The van der Waals surface area contributed by atoms with Crippen LogP contribution in [0.25, 0.3) is 0 Å². The third-order valence-electron chi connectivity index (χ3n) is 2.14. The van der Waals surface area contributed by atoms with E-state index in [1.165, 1.54) is 0 Å². The summed E-state index contributed by atoms with van der Waals surface area (Å²) in [6.45, 7) is 0.286. The largest absolute Gasteiger partial charge is 0.468 e. The summed E-state index contributed by atoms with van der Waals surface area (Å²) in [7, 11) is 0.500. The highest BCUT2D eigenvalue weighted by Gasteiger charge is 2.19. The normalized spacial score (nSPS) is 14.2. The Labute approximate surface area is 104 Å². The number of furan rings is 1. The van der Waals surface area contributed by atoms with Gasteiger partial charge in [0.05, 0.1) is 12.3 Å². The Morgan fingerprint density at radius 3 is 2.69 bits per heavy atom. The van der Waals surface area contributed by atoms with Gasteiger partial charge in [-0.05, 0) is 26.2 Å². The molecule has 0 fully saturated rings. The molecular weight excluding hydrogens is 296 g/mol. The molecule has 1 unspecified atom stereocenters. The molecule has 1 N–H and O–H groups in total. The molecule has 0 radical (unpaired) electrons. The predicted octanol–water partition coefficient (Wildman–Crippen LogP) is 1.15. The van der Waals surface area contributed by atoms with Gasteiger partial charge in [0, 0.05) is 6.54 Å². The van der Waals surface area contributed by atoms with E-state index in [4.69, 9.17) is 4.42 Å². The van der Waals surface area contributed by atoms with Crippen LogP contribution in [0.4, 0.5) is 0 Å². The van der Waals surface area contributed by atoms with Crippen LogP contribution < -0.4 is 4.72 Å². The van der Waals surface area contributed by atoms with E-state index in [0.29, 0.717) is 0 Å². The fourth-order valence-corrected chi connectivity index (χ4v) is 2.24. The lowest BCUT2D eigenvalue weighted by atomic mass is 10.2. The summed E-state index contributed by atoms with van der Waals surface area (Å²) in [5, 5.41) is 0. The number of likely N-dealkylation sites (N-methyl/N-ethyl adjacent to an activating group) is 1. The first-order valence-electron chi connectivity index (χ1n) is 4.69. The number of halogens is 1. The van der Waals surface area contributed by atoms with Crippen LogP contribution in [-0.2, 0) is 10.0 Å². The molecule has 0 bridgehead atoms. The minimum absolute atomic E-state index is 0.0989. The van der Waals surface area contributed by atoms with E-state index in [2.05, 4.69) is 20.7 Å². The highest BCUT2D eigenvalue weighted by atomic mass is 79.9. The minimum Gasteiger partial charge on any atom is -0.468 e. The number of nitrogens with zero attached hydrogens (tertiary/aromatic N) is 1. The van der Waals surface area contributed by atoms with Gasteiger partial charge in [-0.15, -0.1) is 0 Å². The van der Waals surface area contributed by atoms with Crippen LogP contribution in [0.1, 0.15) is 11.8 Å². The minimum atomic E-state index is -3.24. The van der Waals surface area contributed by atoms with E-state index in [1.54, 1.807) is 12.3 Å². The molecule has 92 valence electrons. The molecule has 0 saturated heterocycles. The lowest BCUT2D eigenvalue weighted by molar-refractivity contribution is 0.259. The predicted molar refractivity (Wildman–Crippen MR) is 65.9 cm³/mol. The Morgan fingerprint density at radius 1 is 1.56 bits per heavy atom. The highest BCUT2D eigenvalue weighted by molar-refractivity contribution is 9.10. The zero-order valence-electron chi connectivity index (χ0n) is 9.18. The zero-order valence-corrected chi connectivity index (χ0v) is 11.6. The van der Waals surface area contributed by atoms with Crippen molar-refractivity contribution in [1.29, 1.82) is 0 Å². The van der Waals surface area contributed by atoms with Gasteiger partial charge in [-0.1, -0.05) is 15.9 Å². The van der Waals surface area contributed by atoms with E-state index in [1.807, 2.05) is 25.1 Å². The molecule has 0 amide bonds. The molecule has 0 spiro atoms. The van der Waals surface area contributed by atoms with Crippen molar-refractivity contribution < 1.29 is 12.8 Å². The standard InChI is InChI=1S/C9H15BrN2O3S/c1-12(2)8(9-4-3-5-15-9)6-11-16(13,14)7-10/h3-5,8,11H,6-7H2,1-2H3. The quantitative estimate of drug-likeness (QED) is 0.801. The molecule has 5 nitrogen and oxygen atoms in total. The monoisotopic (exact) mass is 310 g/mol. The van der Waals surface area contributed by atoms with Crippen molar-refractivity contribution in [2.75, 3.05) is 25.3 Å². The summed E-state index contributed by atoms with van der Waals surface area (Å²) in [6.07, 6.45) is 1.57. The van der Waals surface area contributed by atoms with Crippen LogP contribution >= 0.6 is 15.9 Å². The molecule has 7 heteroatoms. The first kappa shape index (κ1) is 13.7. The first-order chi connectivity index (χ1) is 7.46. The second-order valence-electron chi connectivity index (χ2n) is 3.57. The summed E-state index contributed by atoms with van der Waals surface area (Å²) < 4.78 is 30.2. The van der Waals surface area contributed by atoms with Crippen molar-refractivity contribution in [2.45, 2.75) is 6.04 Å². The molecule has 0 aromatic carbocycles. The number of alkyl halides is 1. The topological polar surface area (TPSA) is 62.6 Å². The average molecular weight is 311 g/mol. The number of sulfonamides is 1. The summed E-state index contributed by atoms with van der Waals surface area (Å²) >= 11 is 2.92. The highest BCUT2D eigenvalue weighted by Crippen LogP contribution is 2.17. The van der Waals surface area contributed by atoms with Gasteiger partial charge >= 0.3 is 0 Å². The van der Waals surface area contributed by atoms with Crippen LogP contribution in [0.3, 0.4) is 0 Å². The zero-order chi connectivity index (χ0) is 12.2. The lowest BCUT2D eigenvalue weighted by Gasteiger charge is -2.22. The van der Waals surface area contributed by atoms with Crippen LogP contribution in [0.5, 0.6) is 0 Å². The summed E-state index contributed by atoms with van der Waals surface area (Å²) in [6, 6.07) is 3.50. The van der Waals surface area contributed by atoms with Gasteiger partial charge in [0.1, 0.15) is 10.4 Å². The molecule has 0 aliphatic carbocycles. The fourth-order valence-electron chi connectivity index (χ4n) is 1.26. The summed E-state index contributed by atoms with van der Waals surface area (Å²) in [4.78, 5) is 1.90. The Morgan fingerprint density at radius 2 is 2.25 bits per heavy atom. The number of hydrogen-bond acceptors (Lipinski definition) is 4. The maximum atomic E-state index is 11.3. The van der Waals surface area contributed by atoms with Gasteiger partial charge in [-0.25, -0.2) is 13.1 Å². The maximum Gasteiger partial charge on any atom is 0.221 e. The second-order valence-corrected chi connectivity index (χ2v) is 6.68. The van der Waals surface area contributed by atoms with Crippen molar-refractivity contribution >= 4 is 26.0 Å². The molecule has 1 heterocycles. The summed E-state index contributed by atoms with van der Waals surface area (Å²) in [5.74, 6) is 0.738. The van der Waals surface area contributed by atoms with E-state index in [-0.39, 0.29) is 17.2 Å². The Balaban J connectivity index is 2.68. The smallest absolute Gasteiger partial charge is 0.221 e. The molecule has 1 rings (SSSR count). The molecule has 0 aliphatic heterocycles. The Kier molecular flexibility index (Phi) is 4.97.